The molecular formula is C13H23F3N2S. The lowest BCUT2D eigenvalue weighted by atomic mass is 9.87. The van der Waals surface area contributed by atoms with E-state index in [1.165, 1.54) is 0 Å². The molecule has 0 spiro atoms. The number of thiocarbonyl (C=S) groups is 1. The van der Waals surface area contributed by atoms with Gasteiger partial charge in [0.1, 0.15) is 0 Å². The predicted molar refractivity (Wildman–Crippen MR) is 75.0 cm³/mol. The summed E-state index contributed by atoms with van der Waals surface area (Å²) in [5.74, 6) is -1.11. The fourth-order valence-electron chi connectivity index (χ4n) is 2.35. The first kappa shape index (κ1) is 16.7. The number of nitrogens with two attached hydrogens (primary N) is 1. The third-order valence-electron chi connectivity index (χ3n) is 3.99. The zero-order valence-electron chi connectivity index (χ0n) is 11.6. The van der Waals surface area contributed by atoms with Gasteiger partial charge in [-0.15, -0.1) is 0 Å². The number of likely N-dealkylation sites (tertiary alicyclic amines) is 1. The maximum atomic E-state index is 12.5. The lowest BCUT2D eigenvalue weighted by Gasteiger charge is -2.33. The monoisotopic (exact) mass is 296 g/mol. The van der Waals surface area contributed by atoms with Crippen molar-refractivity contribution in [3.63, 3.8) is 0 Å². The number of rotatable bonds is 5. The maximum Gasteiger partial charge on any atom is 0.391 e. The third kappa shape index (κ3) is 5.26. The lowest BCUT2D eigenvalue weighted by Crippen LogP contribution is -2.39. The maximum absolute atomic E-state index is 12.5. The molecular weight excluding hydrogens is 273 g/mol. The normalized spacial score (nSPS) is 19.6. The highest BCUT2D eigenvalue weighted by Crippen LogP contribution is 2.34. The van der Waals surface area contributed by atoms with Crippen molar-refractivity contribution in [3.05, 3.63) is 0 Å². The Morgan fingerprint density at radius 2 is 1.79 bits per heavy atom. The van der Waals surface area contributed by atoms with Gasteiger partial charge in [-0.3, -0.25) is 0 Å². The minimum absolute atomic E-state index is 0.167. The number of hydrogen-bond acceptors (Lipinski definition) is 2. The van der Waals surface area contributed by atoms with Crippen molar-refractivity contribution in [1.29, 1.82) is 0 Å². The molecule has 0 aromatic carbocycles. The standard InChI is InChI=1S/C13H23F3N2S/c1-12(2,11(17)19)6-3-7-18-8-4-10(5-9-18)13(14,15)16/h10H,3-9H2,1-2H3,(H2,17,19). The van der Waals surface area contributed by atoms with E-state index in [2.05, 4.69) is 4.90 Å². The molecule has 112 valence electrons. The molecule has 0 atom stereocenters. The Balaban J connectivity index is 2.26. The molecule has 0 unspecified atom stereocenters. The number of hydrogen-bond donors (Lipinski definition) is 1. The van der Waals surface area contributed by atoms with Crippen LogP contribution < -0.4 is 5.73 Å². The third-order valence-corrected chi connectivity index (χ3v) is 4.55. The summed E-state index contributed by atoms with van der Waals surface area (Å²) in [4.78, 5) is 2.61. The predicted octanol–water partition coefficient (Wildman–Crippen LogP) is 3.35. The molecule has 0 amide bonds. The summed E-state index contributed by atoms with van der Waals surface area (Å²) in [6.45, 7) is 5.92. The molecule has 2 nitrogen and oxygen atoms in total. The first-order valence-electron chi connectivity index (χ1n) is 6.72. The van der Waals surface area contributed by atoms with Gasteiger partial charge in [-0.1, -0.05) is 26.1 Å². The summed E-state index contributed by atoms with van der Waals surface area (Å²) in [6, 6.07) is 0. The topological polar surface area (TPSA) is 29.3 Å². The molecule has 19 heavy (non-hydrogen) atoms. The van der Waals surface area contributed by atoms with Crippen LogP contribution in [0.3, 0.4) is 0 Å². The first-order valence-corrected chi connectivity index (χ1v) is 7.13. The number of alkyl halides is 3. The van der Waals surface area contributed by atoms with Crippen LogP contribution in [0.1, 0.15) is 39.5 Å². The first-order chi connectivity index (χ1) is 8.63. The smallest absolute Gasteiger partial charge is 0.391 e. The van der Waals surface area contributed by atoms with E-state index in [1.807, 2.05) is 13.8 Å². The van der Waals surface area contributed by atoms with Crippen molar-refractivity contribution < 1.29 is 13.2 Å². The van der Waals surface area contributed by atoms with Crippen LogP contribution in [0, 0.1) is 11.3 Å². The summed E-state index contributed by atoms with van der Waals surface area (Å²) in [7, 11) is 0. The van der Waals surface area contributed by atoms with Crippen LogP contribution in [-0.4, -0.2) is 35.7 Å². The van der Waals surface area contributed by atoms with Gasteiger partial charge in [0.2, 0.25) is 0 Å². The van der Waals surface area contributed by atoms with Crippen LogP contribution in [0.2, 0.25) is 0 Å². The fourth-order valence-corrected chi connectivity index (χ4v) is 2.45. The van der Waals surface area contributed by atoms with Crippen molar-refractivity contribution in [2.75, 3.05) is 19.6 Å². The Kier molecular flexibility index (Phi) is 5.62. The Morgan fingerprint density at radius 1 is 1.26 bits per heavy atom. The Labute approximate surface area is 118 Å². The summed E-state index contributed by atoms with van der Waals surface area (Å²) in [5.41, 5.74) is 5.48. The minimum atomic E-state index is -4.03. The number of halogens is 3. The van der Waals surface area contributed by atoms with Crippen LogP contribution >= 0.6 is 12.2 Å². The molecule has 0 aromatic heterocycles. The Hall–Kier alpha value is -0.360. The molecule has 0 aliphatic carbocycles. The van der Waals surface area contributed by atoms with Crippen LogP contribution in [0.4, 0.5) is 13.2 Å². The van der Waals surface area contributed by atoms with Crippen molar-refractivity contribution >= 4 is 17.2 Å². The highest BCUT2D eigenvalue weighted by atomic mass is 32.1. The average molecular weight is 296 g/mol. The summed E-state index contributed by atoms with van der Waals surface area (Å²) in [5, 5.41) is 0. The second-order valence-electron chi connectivity index (χ2n) is 6.01. The van der Waals surface area contributed by atoms with Crippen LogP contribution in [0.25, 0.3) is 0 Å². The van der Waals surface area contributed by atoms with Gasteiger partial charge in [0.25, 0.3) is 0 Å². The molecule has 1 aliphatic rings. The van der Waals surface area contributed by atoms with Crippen LogP contribution in [0.15, 0.2) is 0 Å². The van der Waals surface area contributed by atoms with Crippen LogP contribution in [0.5, 0.6) is 0 Å². The number of nitrogens with zero attached hydrogens (tertiary/aromatic N) is 1. The van der Waals surface area contributed by atoms with E-state index in [1.54, 1.807) is 0 Å². The van der Waals surface area contributed by atoms with Crippen molar-refractivity contribution in [2.45, 2.75) is 45.7 Å². The number of piperidine rings is 1. The lowest BCUT2D eigenvalue weighted by molar-refractivity contribution is -0.185. The molecule has 1 fully saturated rings. The molecule has 0 aromatic rings. The molecule has 1 saturated heterocycles. The largest absolute Gasteiger partial charge is 0.393 e. The van der Waals surface area contributed by atoms with Gasteiger partial charge in [0.15, 0.2) is 0 Å². The van der Waals surface area contributed by atoms with E-state index < -0.39 is 12.1 Å². The highest BCUT2D eigenvalue weighted by Gasteiger charge is 2.40. The molecule has 0 saturated carbocycles. The molecule has 1 aliphatic heterocycles. The summed E-state index contributed by atoms with van der Waals surface area (Å²) >= 11 is 5.00. The van der Waals surface area contributed by atoms with Gasteiger partial charge in [0.05, 0.1) is 10.9 Å². The molecule has 6 heteroatoms. The molecule has 2 N–H and O–H groups in total. The van der Waals surface area contributed by atoms with Gasteiger partial charge in [-0.2, -0.15) is 13.2 Å². The van der Waals surface area contributed by atoms with E-state index in [0.717, 1.165) is 19.4 Å². The highest BCUT2D eigenvalue weighted by molar-refractivity contribution is 7.80. The second-order valence-corrected chi connectivity index (χ2v) is 6.45. The average Bonchev–Trinajstić information content (AvgIpc) is 2.28. The van der Waals surface area contributed by atoms with Crippen LogP contribution in [-0.2, 0) is 0 Å². The van der Waals surface area contributed by atoms with E-state index in [4.69, 9.17) is 18.0 Å². The summed E-state index contributed by atoms with van der Waals surface area (Å²) < 4.78 is 37.6. The van der Waals surface area contributed by atoms with Gasteiger partial charge < -0.3 is 10.6 Å². The van der Waals surface area contributed by atoms with Crippen molar-refractivity contribution in [3.8, 4) is 0 Å². The van der Waals surface area contributed by atoms with E-state index in [-0.39, 0.29) is 18.3 Å². The van der Waals surface area contributed by atoms with Gasteiger partial charge in [0, 0.05) is 5.41 Å². The Bertz CT molecular complexity index is 308. The van der Waals surface area contributed by atoms with E-state index in [9.17, 15) is 13.2 Å². The second kappa shape index (κ2) is 6.39. The zero-order valence-corrected chi connectivity index (χ0v) is 12.4. The zero-order chi connectivity index (χ0) is 14.7. The fraction of sp³-hybridized carbons (Fsp3) is 0.923. The molecule has 1 heterocycles. The Morgan fingerprint density at radius 3 is 2.21 bits per heavy atom. The SMILES string of the molecule is CC(C)(CCCN1CCC(C(F)(F)F)CC1)C(N)=S. The summed E-state index contributed by atoms with van der Waals surface area (Å²) in [6.07, 6.45) is -1.78. The quantitative estimate of drug-likeness (QED) is 0.789. The van der Waals surface area contributed by atoms with Gasteiger partial charge in [-0.05, 0) is 45.3 Å². The van der Waals surface area contributed by atoms with E-state index in [0.29, 0.717) is 18.1 Å². The molecule has 0 bridgehead atoms. The van der Waals surface area contributed by atoms with E-state index >= 15 is 0 Å². The molecule has 1 rings (SSSR count). The van der Waals surface area contributed by atoms with Crippen molar-refractivity contribution in [1.82, 2.24) is 4.90 Å². The van der Waals surface area contributed by atoms with Gasteiger partial charge in [-0.25, -0.2) is 0 Å². The molecule has 0 radical (unpaired) electrons. The minimum Gasteiger partial charge on any atom is -0.393 e. The van der Waals surface area contributed by atoms with Crippen molar-refractivity contribution in [2.24, 2.45) is 17.1 Å². The van der Waals surface area contributed by atoms with Gasteiger partial charge >= 0.3 is 6.18 Å².